The molecule has 11 N–H and O–H groups in total. The normalized spacial score (nSPS) is 13.7. The molecule has 0 bridgehead atoms. The number of nitrogens with one attached hydrogen (secondary N) is 3. The standard InChI is InChI=1S/C28H38N6O7/c29-13-5-4-8-21(28(40)41)32-26(38)23(15-18-9-11-19(35)12-10-18)34-27(39)22(14-17-6-2-1-3-7-17)33-25(37)20(30)16-24(31)36/h1-3,6-7,9-12,20-23,35H,4-5,8,13-16,29-30H2,(H2,31,36)(H,32,38)(H,33,37)(H,34,39)(H,40,41). The number of hydrogen-bond donors (Lipinski definition) is 8. The SMILES string of the molecule is NCCCCC(NC(=O)C(Cc1ccc(O)cc1)NC(=O)C(Cc1ccccc1)NC(=O)C(N)CC(N)=O)C(=O)O. The van der Waals surface area contributed by atoms with Gasteiger partial charge in [-0.05, 0) is 49.1 Å². The van der Waals surface area contributed by atoms with E-state index in [2.05, 4.69) is 16.0 Å². The highest BCUT2D eigenvalue weighted by atomic mass is 16.4. The second kappa shape index (κ2) is 16.6. The van der Waals surface area contributed by atoms with Crippen molar-refractivity contribution < 1.29 is 34.2 Å². The number of primary amides is 1. The van der Waals surface area contributed by atoms with Crippen LogP contribution in [0.3, 0.4) is 0 Å². The Kier molecular flexibility index (Phi) is 13.2. The van der Waals surface area contributed by atoms with Gasteiger partial charge in [0.15, 0.2) is 0 Å². The molecule has 0 fully saturated rings. The summed E-state index contributed by atoms with van der Waals surface area (Å²) in [6.45, 7) is 0.372. The van der Waals surface area contributed by atoms with Crippen molar-refractivity contribution in [3.8, 4) is 5.75 Å². The van der Waals surface area contributed by atoms with Gasteiger partial charge in [0.05, 0.1) is 12.5 Å². The summed E-state index contributed by atoms with van der Waals surface area (Å²) in [7, 11) is 0. The molecule has 0 heterocycles. The molecular weight excluding hydrogens is 532 g/mol. The zero-order valence-corrected chi connectivity index (χ0v) is 22.6. The van der Waals surface area contributed by atoms with Gasteiger partial charge in [-0.2, -0.15) is 0 Å². The minimum Gasteiger partial charge on any atom is -0.508 e. The Hall–Kier alpha value is -4.49. The molecule has 2 rings (SSSR count). The zero-order chi connectivity index (χ0) is 30.4. The van der Waals surface area contributed by atoms with E-state index in [4.69, 9.17) is 17.2 Å². The predicted molar refractivity (Wildman–Crippen MR) is 150 cm³/mol. The first-order chi connectivity index (χ1) is 19.5. The summed E-state index contributed by atoms with van der Waals surface area (Å²) in [6.07, 6.45) is 0.749. The van der Waals surface area contributed by atoms with Gasteiger partial charge in [0.25, 0.3) is 0 Å². The number of carboxylic acid groups (broad SMARTS) is 1. The number of amides is 4. The van der Waals surface area contributed by atoms with Crippen LogP contribution in [0, 0.1) is 0 Å². The summed E-state index contributed by atoms with van der Waals surface area (Å²) in [5, 5.41) is 26.9. The average molecular weight is 571 g/mol. The minimum atomic E-state index is -1.29. The number of carbonyl (C=O) groups is 5. The molecule has 0 spiro atoms. The van der Waals surface area contributed by atoms with Crippen LogP contribution in [0.25, 0.3) is 0 Å². The Morgan fingerprint density at radius 3 is 1.76 bits per heavy atom. The molecule has 4 atom stereocenters. The first-order valence-electron chi connectivity index (χ1n) is 13.2. The Balaban J connectivity index is 2.30. The van der Waals surface area contributed by atoms with E-state index in [-0.39, 0.29) is 25.0 Å². The number of phenolic OH excluding ortho intramolecular Hbond substituents is 1. The summed E-state index contributed by atoms with van der Waals surface area (Å²) in [6, 6.07) is 9.79. The topological polar surface area (TPSA) is 240 Å². The maximum atomic E-state index is 13.5. The van der Waals surface area contributed by atoms with E-state index in [1.165, 1.54) is 12.1 Å². The number of aliphatic carboxylic acids is 1. The van der Waals surface area contributed by atoms with Gasteiger partial charge in [-0.1, -0.05) is 42.5 Å². The van der Waals surface area contributed by atoms with Gasteiger partial charge in [0.1, 0.15) is 23.9 Å². The highest BCUT2D eigenvalue weighted by molar-refractivity contribution is 5.95. The molecule has 0 aliphatic heterocycles. The third-order valence-electron chi connectivity index (χ3n) is 6.24. The van der Waals surface area contributed by atoms with Crippen LogP contribution in [-0.2, 0) is 36.8 Å². The predicted octanol–water partition coefficient (Wildman–Crippen LogP) is -0.952. The van der Waals surface area contributed by atoms with E-state index in [1.807, 2.05) is 0 Å². The maximum Gasteiger partial charge on any atom is 0.326 e. The highest BCUT2D eigenvalue weighted by Crippen LogP contribution is 2.13. The molecule has 0 saturated carbocycles. The van der Waals surface area contributed by atoms with Crippen molar-refractivity contribution in [2.24, 2.45) is 17.2 Å². The van der Waals surface area contributed by atoms with Crippen LogP contribution in [0.2, 0.25) is 0 Å². The third kappa shape index (κ3) is 11.6. The molecule has 2 aromatic carbocycles. The Labute approximate surface area is 237 Å². The van der Waals surface area contributed by atoms with Crippen molar-refractivity contribution in [3.63, 3.8) is 0 Å². The second-order valence-electron chi connectivity index (χ2n) is 9.64. The number of carbonyl (C=O) groups excluding carboxylic acids is 4. The fourth-order valence-corrected chi connectivity index (χ4v) is 4.02. The van der Waals surface area contributed by atoms with E-state index in [9.17, 15) is 34.2 Å². The third-order valence-corrected chi connectivity index (χ3v) is 6.24. The van der Waals surface area contributed by atoms with Gasteiger partial charge in [-0.15, -0.1) is 0 Å². The van der Waals surface area contributed by atoms with Crippen LogP contribution in [0.4, 0.5) is 0 Å². The van der Waals surface area contributed by atoms with Crippen molar-refractivity contribution in [2.75, 3.05) is 6.54 Å². The van der Waals surface area contributed by atoms with Gasteiger partial charge in [0.2, 0.25) is 23.6 Å². The molecule has 13 nitrogen and oxygen atoms in total. The Morgan fingerprint density at radius 2 is 1.24 bits per heavy atom. The molecule has 0 aliphatic carbocycles. The molecule has 41 heavy (non-hydrogen) atoms. The van der Waals surface area contributed by atoms with Crippen molar-refractivity contribution in [1.82, 2.24) is 16.0 Å². The fourth-order valence-electron chi connectivity index (χ4n) is 4.02. The van der Waals surface area contributed by atoms with Crippen LogP contribution in [0.15, 0.2) is 54.6 Å². The summed E-state index contributed by atoms with van der Waals surface area (Å²) in [4.78, 5) is 62.5. The molecule has 13 heteroatoms. The van der Waals surface area contributed by atoms with Crippen molar-refractivity contribution >= 4 is 29.6 Å². The van der Waals surface area contributed by atoms with Crippen LogP contribution in [0.1, 0.15) is 36.8 Å². The number of carboxylic acids is 1. The Bertz CT molecular complexity index is 1180. The molecular formula is C28H38N6O7. The largest absolute Gasteiger partial charge is 0.508 e. The van der Waals surface area contributed by atoms with Crippen LogP contribution >= 0.6 is 0 Å². The lowest BCUT2D eigenvalue weighted by Crippen LogP contribution is -2.58. The number of hydrogen-bond acceptors (Lipinski definition) is 8. The van der Waals surface area contributed by atoms with E-state index in [0.717, 1.165) is 0 Å². The van der Waals surface area contributed by atoms with E-state index in [0.29, 0.717) is 30.5 Å². The van der Waals surface area contributed by atoms with Crippen molar-refractivity contribution in [1.29, 1.82) is 0 Å². The van der Waals surface area contributed by atoms with Gasteiger partial charge in [-0.25, -0.2) is 4.79 Å². The molecule has 222 valence electrons. The average Bonchev–Trinajstić information content (AvgIpc) is 2.92. The molecule has 4 unspecified atom stereocenters. The van der Waals surface area contributed by atoms with Crippen molar-refractivity contribution in [2.45, 2.75) is 62.7 Å². The zero-order valence-electron chi connectivity index (χ0n) is 22.6. The first-order valence-corrected chi connectivity index (χ1v) is 13.2. The van der Waals surface area contributed by atoms with Crippen molar-refractivity contribution in [3.05, 3.63) is 65.7 Å². The number of benzene rings is 2. The lowest BCUT2D eigenvalue weighted by molar-refractivity contribution is -0.142. The fraction of sp³-hybridized carbons (Fsp3) is 0.393. The molecule has 4 amide bonds. The maximum absolute atomic E-state index is 13.5. The monoisotopic (exact) mass is 570 g/mol. The van der Waals surface area contributed by atoms with E-state index in [1.54, 1.807) is 42.5 Å². The quantitative estimate of drug-likeness (QED) is 0.109. The van der Waals surface area contributed by atoms with Gasteiger partial charge < -0.3 is 43.4 Å². The van der Waals surface area contributed by atoms with Gasteiger partial charge in [0, 0.05) is 12.8 Å². The summed E-state index contributed by atoms with van der Waals surface area (Å²) in [5.74, 6) is -4.29. The van der Waals surface area contributed by atoms with E-state index >= 15 is 0 Å². The lowest BCUT2D eigenvalue weighted by Gasteiger charge is -2.25. The first kappa shape index (κ1) is 32.7. The van der Waals surface area contributed by atoms with Gasteiger partial charge >= 0.3 is 5.97 Å². The summed E-state index contributed by atoms with van der Waals surface area (Å²) < 4.78 is 0. The summed E-state index contributed by atoms with van der Waals surface area (Å²) >= 11 is 0. The van der Waals surface area contributed by atoms with Crippen LogP contribution < -0.4 is 33.2 Å². The molecule has 0 aromatic heterocycles. The summed E-state index contributed by atoms with van der Waals surface area (Å²) in [5.41, 5.74) is 17.7. The van der Waals surface area contributed by atoms with Crippen LogP contribution in [-0.4, -0.2) is 70.5 Å². The molecule has 0 radical (unpaired) electrons. The lowest BCUT2D eigenvalue weighted by atomic mass is 10.0. The van der Waals surface area contributed by atoms with Gasteiger partial charge in [-0.3, -0.25) is 19.2 Å². The molecule has 0 aliphatic rings. The molecule has 2 aromatic rings. The van der Waals surface area contributed by atoms with Crippen LogP contribution in [0.5, 0.6) is 5.75 Å². The number of rotatable bonds is 17. The molecule has 0 saturated heterocycles. The van der Waals surface area contributed by atoms with E-state index < -0.39 is 60.2 Å². The second-order valence-corrected chi connectivity index (χ2v) is 9.64. The highest BCUT2D eigenvalue weighted by Gasteiger charge is 2.31. The number of aromatic hydroxyl groups is 1. The smallest absolute Gasteiger partial charge is 0.326 e. The minimum absolute atomic E-state index is 0.00238. The Morgan fingerprint density at radius 1 is 0.732 bits per heavy atom. The number of unbranched alkanes of at least 4 members (excludes halogenated alkanes) is 1. The number of nitrogens with two attached hydrogens (primary N) is 3. The number of phenols is 1.